The van der Waals surface area contributed by atoms with Crippen molar-refractivity contribution in [2.45, 2.75) is 137 Å². The van der Waals surface area contributed by atoms with Crippen LogP contribution in [0.1, 0.15) is 137 Å². The number of Topliss-reactive ketones (excluding diaryl/α,β-unsaturated/α-hetero) is 1. The van der Waals surface area contributed by atoms with Crippen molar-refractivity contribution in [3.8, 4) is 0 Å². The fraction of sp³-hybridized carbons (Fsp3) is 0.880. The highest BCUT2D eigenvalue weighted by atomic mass is 16.1. The van der Waals surface area contributed by atoms with Gasteiger partial charge in [0.15, 0.2) is 0 Å². The molecule has 1 nitrogen and oxygen atoms in total. The zero-order valence-electron chi connectivity index (χ0n) is 18.6. The maximum Gasteiger partial charge on any atom is 0.138 e. The summed E-state index contributed by atoms with van der Waals surface area (Å²) in [5.74, 6) is 0.454. The minimum Gasteiger partial charge on any atom is -0.299 e. The van der Waals surface area contributed by atoms with Crippen LogP contribution in [0.15, 0.2) is 12.2 Å². The van der Waals surface area contributed by atoms with Gasteiger partial charge in [-0.3, -0.25) is 4.79 Å². The van der Waals surface area contributed by atoms with Crippen LogP contribution in [0, 0.1) is 5.41 Å². The highest BCUT2D eigenvalue weighted by Crippen LogP contribution is 2.24. The monoisotopic (exact) mass is 364 g/mol. The summed E-state index contributed by atoms with van der Waals surface area (Å²) in [7, 11) is 0. The molecule has 0 aromatic rings. The van der Waals surface area contributed by atoms with E-state index in [1.807, 2.05) is 0 Å². The van der Waals surface area contributed by atoms with Gasteiger partial charge in [-0.15, -0.1) is 0 Å². The highest BCUT2D eigenvalue weighted by Gasteiger charge is 2.23. The van der Waals surface area contributed by atoms with Crippen LogP contribution in [0.2, 0.25) is 0 Å². The molecule has 0 saturated heterocycles. The second-order valence-electron chi connectivity index (χ2n) is 8.70. The van der Waals surface area contributed by atoms with E-state index in [2.05, 4.69) is 39.8 Å². The van der Waals surface area contributed by atoms with Crippen molar-refractivity contribution in [3.05, 3.63) is 12.2 Å². The molecular weight excluding hydrogens is 316 g/mol. The normalized spacial score (nSPS) is 12.2. The van der Waals surface area contributed by atoms with E-state index in [0.29, 0.717) is 5.78 Å². The summed E-state index contributed by atoms with van der Waals surface area (Å²) in [6.45, 7) is 8.55. The molecule has 0 aliphatic rings. The van der Waals surface area contributed by atoms with Crippen LogP contribution in [0.25, 0.3) is 0 Å². The Hall–Kier alpha value is -0.590. The van der Waals surface area contributed by atoms with Crippen LogP contribution < -0.4 is 0 Å². The second-order valence-corrected chi connectivity index (χ2v) is 8.70. The largest absolute Gasteiger partial charge is 0.299 e. The molecule has 0 unspecified atom stereocenters. The summed E-state index contributed by atoms with van der Waals surface area (Å²) in [5, 5.41) is 0. The summed E-state index contributed by atoms with van der Waals surface area (Å²) in [4.78, 5) is 12.1. The Morgan fingerprint density at radius 2 is 1.08 bits per heavy atom. The molecule has 0 rings (SSSR count). The average molecular weight is 365 g/mol. The van der Waals surface area contributed by atoms with Gasteiger partial charge in [-0.2, -0.15) is 0 Å². The van der Waals surface area contributed by atoms with Crippen molar-refractivity contribution in [2.75, 3.05) is 0 Å². The standard InChI is InChI=1S/C25H48O/c1-5-7-8-9-10-11-12-13-14-15-16-17-18-19-20-21-22-23-24(26)25(3,4)6-2/h11-12H,5-10,13-23H2,1-4H3/b12-11-. The SMILES string of the molecule is CCCCCC/C=C\CCCCCCCCCCCC(=O)C(C)(C)CC. The minimum atomic E-state index is -0.107. The predicted molar refractivity (Wildman–Crippen MR) is 118 cm³/mol. The Labute approximate surface area is 165 Å². The van der Waals surface area contributed by atoms with E-state index in [-0.39, 0.29) is 5.41 Å². The first-order valence-electron chi connectivity index (χ1n) is 11.7. The molecule has 0 atom stereocenters. The fourth-order valence-corrected chi connectivity index (χ4v) is 3.25. The minimum absolute atomic E-state index is 0.107. The van der Waals surface area contributed by atoms with Gasteiger partial charge in [-0.1, -0.05) is 104 Å². The van der Waals surface area contributed by atoms with E-state index in [1.54, 1.807) is 0 Å². The van der Waals surface area contributed by atoms with Crippen molar-refractivity contribution in [1.82, 2.24) is 0 Å². The van der Waals surface area contributed by atoms with Gasteiger partial charge in [0.25, 0.3) is 0 Å². The Morgan fingerprint density at radius 1 is 0.654 bits per heavy atom. The number of allylic oxidation sites excluding steroid dienone is 2. The molecule has 0 saturated carbocycles. The molecule has 0 radical (unpaired) electrons. The highest BCUT2D eigenvalue weighted by molar-refractivity contribution is 5.83. The molecule has 0 heterocycles. The molecule has 0 amide bonds. The zero-order chi connectivity index (χ0) is 19.5. The van der Waals surface area contributed by atoms with E-state index >= 15 is 0 Å². The van der Waals surface area contributed by atoms with E-state index in [0.717, 1.165) is 19.3 Å². The number of carbonyl (C=O) groups excluding carboxylic acids is 1. The van der Waals surface area contributed by atoms with Crippen LogP contribution in [0.4, 0.5) is 0 Å². The molecule has 0 bridgehead atoms. The third-order valence-corrected chi connectivity index (χ3v) is 5.80. The first kappa shape index (κ1) is 25.4. The first-order chi connectivity index (χ1) is 12.5. The molecule has 1 heteroatoms. The number of carbonyl (C=O) groups is 1. The topological polar surface area (TPSA) is 17.1 Å². The molecule has 0 N–H and O–H groups in total. The Morgan fingerprint density at radius 3 is 1.54 bits per heavy atom. The summed E-state index contributed by atoms with van der Waals surface area (Å²) in [6, 6.07) is 0. The lowest BCUT2D eigenvalue weighted by atomic mass is 9.83. The van der Waals surface area contributed by atoms with E-state index in [4.69, 9.17) is 0 Å². The smallest absolute Gasteiger partial charge is 0.138 e. The quantitative estimate of drug-likeness (QED) is 0.165. The molecule has 0 spiro atoms. The fourth-order valence-electron chi connectivity index (χ4n) is 3.25. The second kappa shape index (κ2) is 17.8. The Bertz CT molecular complexity index is 340. The van der Waals surface area contributed by atoms with Crippen molar-refractivity contribution in [3.63, 3.8) is 0 Å². The number of unbranched alkanes of at least 4 members (excludes halogenated alkanes) is 13. The van der Waals surface area contributed by atoms with Gasteiger partial charge in [0.05, 0.1) is 0 Å². The molecule has 26 heavy (non-hydrogen) atoms. The van der Waals surface area contributed by atoms with E-state index in [1.165, 1.54) is 89.9 Å². The lowest BCUT2D eigenvalue weighted by Crippen LogP contribution is -2.22. The molecule has 0 aromatic carbocycles. The van der Waals surface area contributed by atoms with Crippen molar-refractivity contribution < 1.29 is 4.79 Å². The van der Waals surface area contributed by atoms with Crippen LogP contribution in [0.5, 0.6) is 0 Å². The number of ketones is 1. The van der Waals surface area contributed by atoms with Gasteiger partial charge in [-0.25, -0.2) is 0 Å². The van der Waals surface area contributed by atoms with Crippen molar-refractivity contribution >= 4 is 5.78 Å². The van der Waals surface area contributed by atoms with E-state index in [9.17, 15) is 4.79 Å². The Kier molecular flexibility index (Phi) is 17.4. The molecule has 0 fully saturated rings. The van der Waals surface area contributed by atoms with Crippen molar-refractivity contribution in [1.29, 1.82) is 0 Å². The molecule has 0 aliphatic heterocycles. The summed E-state index contributed by atoms with van der Waals surface area (Å²) < 4.78 is 0. The van der Waals surface area contributed by atoms with Gasteiger partial charge in [0, 0.05) is 11.8 Å². The summed E-state index contributed by atoms with van der Waals surface area (Å²) in [5.41, 5.74) is -0.107. The predicted octanol–water partition coefficient (Wildman–Crippen LogP) is 8.81. The lowest BCUT2D eigenvalue weighted by Gasteiger charge is -2.20. The van der Waals surface area contributed by atoms with Crippen LogP contribution in [0.3, 0.4) is 0 Å². The summed E-state index contributed by atoms with van der Waals surface area (Å²) >= 11 is 0. The third-order valence-electron chi connectivity index (χ3n) is 5.80. The zero-order valence-corrected chi connectivity index (χ0v) is 18.6. The van der Waals surface area contributed by atoms with Crippen LogP contribution in [-0.2, 0) is 4.79 Å². The maximum absolute atomic E-state index is 12.1. The molecular formula is C25H48O. The van der Waals surface area contributed by atoms with Crippen LogP contribution >= 0.6 is 0 Å². The molecule has 0 aromatic heterocycles. The number of rotatable bonds is 19. The first-order valence-corrected chi connectivity index (χ1v) is 11.7. The molecule has 0 aliphatic carbocycles. The molecule has 154 valence electrons. The van der Waals surface area contributed by atoms with Gasteiger partial charge in [0.1, 0.15) is 5.78 Å². The van der Waals surface area contributed by atoms with Crippen molar-refractivity contribution in [2.24, 2.45) is 5.41 Å². The van der Waals surface area contributed by atoms with Gasteiger partial charge in [0.2, 0.25) is 0 Å². The maximum atomic E-state index is 12.1. The van der Waals surface area contributed by atoms with Gasteiger partial charge in [-0.05, 0) is 38.5 Å². The third kappa shape index (κ3) is 15.6. The van der Waals surface area contributed by atoms with E-state index < -0.39 is 0 Å². The lowest BCUT2D eigenvalue weighted by molar-refractivity contribution is -0.127. The van der Waals surface area contributed by atoms with Crippen LogP contribution in [-0.4, -0.2) is 5.78 Å². The Balaban J connectivity index is 3.25. The average Bonchev–Trinajstić information content (AvgIpc) is 2.64. The van der Waals surface area contributed by atoms with Gasteiger partial charge >= 0.3 is 0 Å². The summed E-state index contributed by atoms with van der Waals surface area (Å²) in [6.07, 6.45) is 26.5. The number of hydrogen-bond acceptors (Lipinski definition) is 1. The van der Waals surface area contributed by atoms with Gasteiger partial charge < -0.3 is 0 Å². The number of hydrogen-bond donors (Lipinski definition) is 0.